The molecule has 0 radical (unpaired) electrons. The van der Waals surface area contributed by atoms with Gasteiger partial charge in [-0.15, -0.1) is 0 Å². The van der Waals surface area contributed by atoms with E-state index in [1.54, 1.807) is 26.5 Å². The zero-order chi connectivity index (χ0) is 31.6. The quantitative estimate of drug-likeness (QED) is 0.360. The van der Waals surface area contributed by atoms with E-state index >= 15 is 0 Å². The number of pyridine rings is 1. The Morgan fingerprint density at radius 3 is 2.52 bits per heavy atom. The summed E-state index contributed by atoms with van der Waals surface area (Å²) in [4.78, 5) is 48.9. The SMILES string of the molecule is C=CC(=O)N1CCCCC(n2c(NC(=O)c3ccnc(C(F)(F)F)c3)nc3cc(OC4CCN(C(C)=O)CC4)cc(Cl)c32)C1. The third-order valence-electron chi connectivity index (χ3n) is 7.94. The number of carbonyl (C=O) groups excluding carboxylic acids is 3. The lowest BCUT2D eigenvalue weighted by atomic mass is 10.1. The molecule has 0 spiro atoms. The molecule has 0 saturated carbocycles. The van der Waals surface area contributed by atoms with Gasteiger partial charge in [-0.2, -0.15) is 13.2 Å². The largest absolute Gasteiger partial charge is 0.490 e. The summed E-state index contributed by atoms with van der Waals surface area (Å²) in [6.45, 7) is 7.10. The normalized spacial score (nSPS) is 18.2. The van der Waals surface area contributed by atoms with Crippen molar-refractivity contribution >= 4 is 46.3 Å². The number of ether oxygens (including phenoxy) is 1. The molecule has 3 aromatic rings. The van der Waals surface area contributed by atoms with E-state index in [1.165, 1.54) is 19.1 Å². The molecule has 2 aromatic heterocycles. The van der Waals surface area contributed by atoms with Gasteiger partial charge in [0.2, 0.25) is 17.8 Å². The number of fused-ring (bicyclic) bond motifs is 1. The smallest absolute Gasteiger partial charge is 0.433 e. The molecule has 2 fully saturated rings. The maximum absolute atomic E-state index is 13.3. The summed E-state index contributed by atoms with van der Waals surface area (Å²) < 4.78 is 47.8. The highest BCUT2D eigenvalue weighted by Gasteiger charge is 2.33. The minimum atomic E-state index is -4.72. The number of anilines is 1. The molecule has 234 valence electrons. The van der Waals surface area contributed by atoms with Gasteiger partial charge < -0.3 is 19.1 Å². The van der Waals surface area contributed by atoms with Crippen LogP contribution in [0.3, 0.4) is 0 Å². The maximum Gasteiger partial charge on any atom is 0.433 e. The van der Waals surface area contributed by atoms with Crippen molar-refractivity contribution < 1.29 is 32.3 Å². The molecule has 3 amide bonds. The Bertz CT molecular complexity index is 1580. The molecule has 2 aliphatic heterocycles. The number of nitrogens with zero attached hydrogens (tertiary/aromatic N) is 5. The summed E-state index contributed by atoms with van der Waals surface area (Å²) in [5.41, 5.74) is -0.549. The Balaban J connectivity index is 1.51. The van der Waals surface area contributed by atoms with E-state index in [1.807, 2.05) is 0 Å². The number of hydrogen-bond donors (Lipinski definition) is 1. The van der Waals surface area contributed by atoms with Crippen LogP contribution in [0.1, 0.15) is 61.1 Å². The number of amides is 3. The minimum Gasteiger partial charge on any atom is -0.490 e. The summed E-state index contributed by atoms with van der Waals surface area (Å²) in [6.07, 6.45) is 0.755. The second-order valence-corrected chi connectivity index (χ2v) is 11.3. The third-order valence-corrected chi connectivity index (χ3v) is 8.23. The lowest BCUT2D eigenvalue weighted by molar-refractivity contribution is -0.141. The van der Waals surface area contributed by atoms with Gasteiger partial charge in [0.1, 0.15) is 17.5 Å². The second-order valence-electron chi connectivity index (χ2n) is 10.9. The van der Waals surface area contributed by atoms with E-state index < -0.39 is 17.8 Å². The van der Waals surface area contributed by atoms with Gasteiger partial charge in [-0.25, -0.2) is 4.98 Å². The monoisotopic (exact) mass is 632 g/mol. The van der Waals surface area contributed by atoms with Crippen molar-refractivity contribution in [3.63, 3.8) is 0 Å². The van der Waals surface area contributed by atoms with Crippen LogP contribution in [0.5, 0.6) is 5.75 Å². The standard InChI is InChI=1S/C30H32ClF3N6O4/c1-3-26(42)39-11-5-4-6-20(17-39)40-27-23(31)15-22(44-21-8-12-38(13-9-21)18(2)41)16-24(27)36-29(40)37-28(43)19-7-10-35-25(14-19)30(32,33)34/h3,7,10,14-16,20-21H,1,4-6,8-9,11-13,17H2,2H3,(H,36,37,43). The molecule has 0 aliphatic carbocycles. The Morgan fingerprint density at radius 1 is 1.09 bits per heavy atom. The molecular formula is C30H32ClF3N6O4. The maximum atomic E-state index is 13.3. The Labute approximate surface area is 256 Å². The van der Waals surface area contributed by atoms with Crippen molar-refractivity contribution in [3.05, 3.63) is 59.4 Å². The van der Waals surface area contributed by atoms with Crippen LogP contribution in [0, 0.1) is 0 Å². The molecule has 1 atom stereocenters. The number of imidazole rings is 1. The van der Waals surface area contributed by atoms with Gasteiger partial charge in [-0.05, 0) is 37.5 Å². The molecule has 44 heavy (non-hydrogen) atoms. The van der Waals surface area contributed by atoms with Crippen molar-refractivity contribution in [2.75, 3.05) is 31.5 Å². The molecule has 1 aromatic carbocycles. The highest BCUT2D eigenvalue weighted by molar-refractivity contribution is 6.35. The van der Waals surface area contributed by atoms with Crippen LogP contribution < -0.4 is 10.1 Å². The van der Waals surface area contributed by atoms with E-state index in [-0.39, 0.29) is 42.0 Å². The number of rotatable bonds is 6. The average molecular weight is 633 g/mol. The van der Waals surface area contributed by atoms with Crippen molar-refractivity contribution in [3.8, 4) is 5.75 Å². The summed E-state index contributed by atoms with van der Waals surface area (Å²) in [5.74, 6) is -0.504. The predicted molar refractivity (Wildman–Crippen MR) is 158 cm³/mol. The molecule has 2 saturated heterocycles. The molecule has 4 heterocycles. The van der Waals surface area contributed by atoms with Gasteiger partial charge in [-0.3, -0.25) is 24.7 Å². The first kappa shape index (κ1) is 31.3. The first-order chi connectivity index (χ1) is 20.9. The topological polar surface area (TPSA) is 110 Å². The second kappa shape index (κ2) is 12.8. The van der Waals surface area contributed by atoms with Gasteiger partial charge in [0.15, 0.2) is 0 Å². The highest BCUT2D eigenvalue weighted by Crippen LogP contribution is 2.37. The first-order valence-electron chi connectivity index (χ1n) is 14.3. The Morgan fingerprint density at radius 2 is 1.84 bits per heavy atom. The minimum absolute atomic E-state index is 0.0151. The first-order valence-corrected chi connectivity index (χ1v) is 14.7. The molecule has 5 rings (SSSR count). The fourth-order valence-electron chi connectivity index (χ4n) is 5.71. The van der Waals surface area contributed by atoms with Crippen LogP contribution in [0.25, 0.3) is 11.0 Å². The number of likely N-dealkylation sites (tertiary alicyclic amines) is 2. The summed E-state index contributed by atoms with van der Waals surface area (Å²) in [6, 6.07) is 4.86. The van der Waals surface area contributed by atoms with Gasteiger partial charge >= 0.3 is 6.18 Å². The van der Waals surface area contributed by atoms with Gasteiger partial charge in [-0.1, -0.05) is 18.2 Å². The number of aromatic nitrogens is 3. The van der Waals surface area contributed by atoms with Crippen LogP contribution in [0.4, 0.5) is 19.1 Å². The molecular weight excluding hydrogens is 601 g/mol. The fourth-order valence-corrected chi connectivity index (χ4v) is 6.01. The van der Waals surface area contributed by atoms with Gasteiger partial charge in [0.25, 0.3) is 5.91 Å². The number of hydrogen-bond acceptors (Lipinski definition) is 6. The van der Waals surface area contributed by atoms with Gasteiger partial charge in [0.05, 0.1) is 22.1 Å². The summed E-state index contributed by atoms with van der Waals surface area (Å²) in [7, 11) is 0. The average Bonchev–Trinajstić information content (AvgIpc) is 3.17. The van der Waals surface area contributed by atoms with E-state index in [2.05, 4.69) is 21.9 Å². The number of nitrogens with one attached hydrogen (secondary N) is 1. The van der Waals surface area contributed by atoms with Crippen LogP contribution >= 0.6 is 11.6 Å². The molecule has 2 aliphatic rings. The van der Waals surface area contributed by atoms with Crippen LogP contribution in [-0.4, -0.2) is 74.3 Å². The molecule has 10 nitrogen and oxygen atoms in total. The van der Waals surface area contributed by atoms with Crippen molar-refractivity contribution in [2.45, 2.75) is 57.3 Å². The highest BCUT2D eigenvalue weighted by atomic mass is 35.5. The van der Waals surface area contributed by atoms with Crippen molar-refractivity contribution in [1.82, 2.24) is 24.3 Å². The number of piperidine rings is 1. The van der Waals surface area contributed by atoms with Crippen molar-refractivity contribution in [2.24, 2.45) is 0 Å². The molecule has 0 bridgehead atoms. The lowest BCUT2D eigenvalue weighted by Crippen LogP contribution is -2.40. The molecule has 1 N–H and O–H groups in total. The van der Waals surface area contributed by atoms with Crippen LogP contribution in [0.15, 0.2) is 43.1 Å². The third kappa shape index (κ3) is 6.82. The lowest BCUT2D eigenvalue weighted by Gasteiger charge is -2.31. The Hall–Kier alpha value is -4.13. The van der Waals surface area contributed by atoms with Crippen molar-refractivity contribution in [1.29, 1.82) is 0 Å². The Kier molecular flexibility index (Phi) is 9.14. The summed E-state index contributed by atoms with van der Waals surface area (Å²) >= 11 is 6.84. The number of carbonyl (C=O) groups is 3. The number of alkyl halides is 3. The van der Waals surface area contributed by atoms with E-state index in [0.717, 1.165) is 19.0 Å². The van der Waals surface area contributed by atoms with E-state index in [0.29, 0.717) is 66.8 Å². The zero-order valence-electron chi connectivity index (χ0n) is 24.1. The van der Waals surface area contributed by atoms with Crippen LogP contribution in [0.2, 0.25) is 5.02 Å². The zero-order valence-corrected chi connectivity index (χ0v) is 24.8. The molecule has 14 heteroatoms. The summed E-state index contributed by atoms with van der Waals surface area (Å²) in [5, 5.41) is 2.96. The molecule has 1 unspecified atom stereocenters. The number of halogens is 4. The fraction of sp³-hybridized carbons (Fsp3) is 0.433. The van der Waals surface area contributed by atoms with Gasteiger partial charge in [0, 0.05) is 69.8 Å². The van der Waals surface area contributed by atoms with Crippen LogP contribution in [-0.2, 0) is 15.8 Å². The van der Waals surface area contributed by atoms with E-state index in [9.17, 15) is 27.6 Å². The predicted octanol–water partition coefficient (Wildman–Crippen LogP) is 5.49. The number of benzene rings is 1. The van der Waals surface area contributed by atoms with E-state index in [4.69, 9.17) is 16.3 Å².